The van der Waals surface area contributed by atoms with Gasteiger partial charge in [0.1, 0.15) is 5.52 Å². The number of nitrogens with zero attached hydrogens (tertiary/aromatic N) is 4. The summed E-state index contributed by atoms with van der Waals surface area (Å²) in [6.45, 7) is 1.89. The fourth-order valence-electron chi connectivity index (χ4n) is 4.43. The highest BCUT2D eigenvalue weighted by atomic mass is 19.4. The van der Waals surface area contributed by atoms with Gasteiger partial charge >= 0.3 is 6.18 Å². The molecular weight excluding hydrogens is 441 g/mol. The van der Waals surface area contributed by atoms with Gasteiger partial charge in [-0.25, -0.2) is 9.97 Å². The van der Waals surface area contributed by atoms with Gasteiger partial charge in [-0.2, -0.15) is 13.2 Å². The topological polar surface area (TPSA) is 51.0 Å². The Kier molecular flexibility index (Phi) is 5.59. The molecule has 3 heterocycles. The van der Waals surface area contributed by atoms with Crippen molar-refractivity contribution >= 4 is 22.6 Å². The van der Waals surface area contributed by atoms with Crippen LogP contribution in [-0.4, -0.2) is 33.4 Å². The lowest BCUT2D eigenvalue weighted by molar-refractivity contribution is -0.137. The molecule has 0 unspecified atom stereocenters. The largest absolute Gasteiger partial charge is 0.416 e. The van der Waals surface area contributed by atoms with Crippen molar-refractivity contribution in [1.29, 1.82) is 0 Å². The van der Waals surface area contributed by atoms with Gasteiger partial charge in [-0.1, -0.05) is 30.3 Å². The molecule has 4 aromatic rings. The summed E-state index contributed by atoms with van der Waals surface area (Å²) in [6, 6.07) is 13.8. The number of Topliss-reactive ketones (excluding diaryl/α,β-unsaturated/α-hetero) is 1. The summed E-state index contributed by atoms with van der Waals surface area (Å²) >= 11 is 0. The molecule has 34 heavy (non-hydrogen) atoms. The first-order chi connectivity index (χ1) is 16.3. The van der Waals surface area contributed by atoms with Crippen LogP contribution in [0, 0.1) is 0 Å². The molecule has 0 atom stereocenters. The van der Waals surface area contributed by atoms with Gasteiger partial charge in [0.25, 0.3) is 0 Å². The molecule has 1 saturated heterocycles. The summed E-state index contributed by atoms with van der Waals surface area (Å²) in [4.78, 5) is 24.6. The van der Waals surface area contributed by atoms with Gasteiger partial charge < -0.3 is 9.47 Å². The number of rotatable bonds is 5. The predicted octanol–water partition coefficient (Wildman–Crippen LogP) is 5.68. The van der Waals surface area contributed by atoms with Gasteiger partial charge in [0.15, 0.2) is 17.4 Å². The van der Waals surface area contributed by atoms with Gasteiger partial charge in [-0.3, -0.25) is 4.79 Å². The normalized spacial score (nSPS) is 14.2. The Bertz CT molecular complexity index is 1370. The number of aromatic nitrogens is 3. The van der Waals surface area contributed by atoms with Gasteiger partial charge in [0.2, 0.25) is 0 Å². The zero-order valence-corrected chi connectivity index (χ0v) is 18.6. The van der Waals surface area contributed by atoms with E-state index in [0.29, 0.717) is 11.4 Å². The number of carbonyl (C=O) groups is 1. The molecule has 0 spiro atoms. The van der Waals surface area contributed by atoms with Crippen LogP contribution in [0.25, 0.3) is 22.4 Å². The number of ketones is 1. The summed E-state index contributed by atoms with van der Waals surface area (Å²) in [5.74, 6) is 1.09. The second kappa shape index (κ2) is 8.59. The van der Waals surface area contributed by atoms with E-state index in [1.54, 1.807) is 6.07 Å². The summed E-state index contributed by atoms with van der Waals surface area (Å²) in [5, 5.41) is 0. The minimum absolute atomic E-state index is 0.0122. The molecule has 5 rings (SSSR count). The maximum atomic E-state index is 13.0. The van der Waals surface area contributed by atoms with Crippen LogP contribution in [-0.2, 0) is 19.6 Å². The zero-order valence-electron chi connectivity index (χ0n) is 18.6. The molecule has 1 fully saturated rings. The maximum Gasteiger partial charge on any atom is 0.416 e. The molecule has 0 radical (unpaired) electrons. The Morgan fingerprint density at radius 1 is 1.00 bits per heavy atom. The third-order valence-corrected chi connectivity index (χ3v) is 6.17. The number of alkyl halides is 3. The minimum atomic E-state index is -4.49. The summed E-state index contributed by atoms with van der Waals surface area (Å²) in [7, 11) is 1.98. The van der Waals surface area contributed by atoms with Crippen LogP contribution >= 0.6 is 0 Å². The van der Waals surface area contributed by atoms with E-state index in [2.05, 4.69) is 4.90 Å². The lowest BCUT2D eigenvalue weighted by atomic mass is 9.99. The molecule has 5 nitrogen and oxygen atoms in total. The van der Waals surface area contributed by atoms with Crippen LogP contribution in [0.15, 0.2) is 60.8 Å². The number of hydrogen-bond donors (Lipinski definition) is 0. The highest BCUT2D eigenvalue weighted by Crippen LogP contribution is 2.31. The molecule has 1 aliphatic heterocycles. The van der Waals surface area contributed by atoms with E-state index in [1.807, 2.05) is 42.1 Å². The number of benzene rings is 2. The lowest BCUT2D eigenvalue weighted by Crippen LogP contribution is -2.20. The molecule has 0 N–H and O–H groups in total. The molecule has 0 saturated carbocycles. The van der Waals surface area contributed by atoms with Gasteiger partial charge in [0.05, 0.1) is 11.1 Å². The summed E-state index contributed by atoms with van der Waals surface area (Å²) < 4.78 is 41.1. The first-order valence-corrected chi connectivity index (χ1v) is 11.2. The number of aryl methyl sites for hydroxylation is 1. The van der Waals surface area contributed by atoms with Crippen molar-refractivity contribution in [2.24, 2.45) is 7.05 Å². The van der Waals surface area contributed by atoms with Crippen LogP contribution in [0.3, 0.4) is 0 Å². The van der Waals surface area contributed by atoms with E-state index < -0.39 is 11.7 Å². The molecule has 8 heteroatoms. The SMILES string of the molecule is Cn1ccc2nc(-c3cccc(CC(=O)c4cccc(C(F)(F)F)c4)c3)nc(N3CCCC3)c21. The monoisotopic (exact) mass is 464 g/mol. The Balaban J connectivity index is 1.46. The van der Waals surface area contributed by atoms with Gasteiger partial charge in [-0.15, -0.1) is 0 Å². The average molecular weight is 464 g/mol. The molecule has 0 bridgehead atoms. The highest BCUT2D eigenvalue weighted by Gasteiger charge is 2.31. The van der Waals surface area contributed by atoms with E-state index in [1.165, 1.54) is 12.1 Å². The lowest BCUT2D eigenvalue weighted by Gasteiger charge is -2.19. The smallest absolute Gasteiger partial charge is 0.355 e. The summed E-state index contributed by atoms with van der Waals surface area (Å²) in [5.41, 5.74) is 2.51. The van der Waals surface area contributed by atoms with Crippen LogP contribution in [0.2, 0.25) is 0 Å². The number of fused-ring (bicyclic) bond motifs is 1. The predicted molar refractivity (Wildman–Crippen MR) is 125 cm³/mol. The average Bonchev–Trinajstić information content (AvgIpc) is 3.49. The van der Waals surface area contributed by atoms with E-state index in [0.717, 1.165) is 60.5 Å². The van der Waals surface area contributed by atoms with Crippen molar-refractivity contribution in [3.8, 4) is 11.4 Å². The van der Waals surface area contributed by atoms with Crippen molar-refractivity contribution in [2.45, 2.75) is 25.4 Å². The zero-order chi connectivity index (χ0) is 23.9. The van der Waals surface area contributed by atoms with Gasteiger partial charge in [-0.05, 0) is 42.7 Å². The van der Waals surface area contributed by atoms with Crippen LogP contribution < -0.4 is 4.90 Å². The highest BCUT2D eigenvalue weighted by molar-refractivity contribution is 5.98. The molecular formula is C26H23F3N4O. The maximum absolute atomic E-state index is 13.0. The first kappa shape index (κ1) is 22.1. The van der Waals surface area contributed by atoms with E-state index in [-0.39, 0.29) is 17.8 Å². The number of carbonyl (C=O) groups excluding carboxylic acids is 1. The number of halogens is 3. The molecule has 1 aliphatic rings. The Hall–Kier alpha value is -3.68. The fraction of sp³-hybridized carbons (Fsp3) is 0.269. The minimum Gasteiger partial charge on any atom is -0.355 e. The molecule has 174 valence electrons. The summed E-state index contributed by atoms with van der Waals surface area (Å²) in [6.07, 6.45) is -0.290. The van der Waals surface area contributed by atoms with Gasteiger partial charge in [0, 0.05) is 43.9 Å². The molecule has 2 aromatic heterocycles. The second-order valence-electron chi connectivity index (χ2n) is 8.60. The molecule has 0 aliphatic carbocycles. The van der Waals surface area contributed by atoms with Crippen molar-refractivity contribution in [3.63, 3.8) is 0 Å². The quantitative estimate of drug-likeness (QED) is 0.357. The van der Waals surface area contributed by atoms with Crippen LogP contribution in [0.4, 0.5) is 19.0 Å². The van der Waals surface area contributed by atoms with Crippen molar-refractivity contribution < 1.29 is 18.0 Å². The van der Waals surface area contributed by atoms with E-state index in [4.69, 9.17) is 9.97 Å². The van der Waals surface area contributed by atoms with E-state index >= 15 is 0 Å². The van der Waals surface area contributed by atoms with Crippen molar-refractivity contribution in [2.75, 3.05) is 18.0 Å². The Morgan fingerprint density at radius 3 is 2.53 bits per heavy atom. The first-order valence-electron chi connectivity index (χ1n) is 11.2. The van der Waals surface area contributed by atoms with Crippen LogP contribution in [0.5, 0.6) is 0 Å². The fourth-order valence-corrected chi connectivity index (χ4v) is 4.43. The van der Waals surface area contributed by atoms with Crippen molar-refractivity contribution in [1.82, 2.24) is 14.5 Å². The molecule has 2 aromatic carbocycles. The van der Waals surface area contributed by atoms with Crippen LogP contribution in [0.1, 0.15) is 34.3 Å². The number of anilines is 1. The Labute approximate surface area is 194 Å². The standard InChI is InChI=1S/C26H23F3N4O/c1-32-13-10-21-23(32)25(33-11-2-3-12-33)31-24(30-21)19-8-4-6-17(14-19)15-22(34)18-7-5-9-20(16-18)26(27,28)29/h4-10,13-14,16H,2-3,11-12,15H2,1H3. The molecule has 0 amide bonds. The van der Waals surface area contributed by atoms with E-state index in [9.17, 15) is 18.0 Å². The second-order valence-corrected chi connectivity index (χ2v) is 8.60. The Morgan fingerprint density at radius 2 is 1.76 bits per heavy atom. The third-order valence-electron chi connectivity index (χ3n) is 6.17. The third kappa shape index (κ3) is 4.27. The van der Waals surface area contributed by atoms with Crippen molar-refractivity contribution in [3.05, 3.63) is 77.5 Å². The number of hydrogen-bond acceptors (Lipinski definition) is 4.